The van der Waals surface area contributed by atoms with Crippen molar-refractivity contribution in [1.29, 1.82) is 0 Å². The summed E-state index contributed by atoms with van der Waals surface area (Å²) in [5, 5.41) is 0. The minimum absolute atomic E-state index is 0.0394. The molecule has 0 aliphatic heterocycles. The third-order valence-electron chi connectivity index (χ3n) is 5.86. The van der Waals surface area contributed by atoms with Crippen LogP contribution in [0.2, 0.25) is 0 Å². The third-order valence-corrected chi connectivity index (χ3v) is 7.09. The molecule has 0 heterocycles. The normalized spacial score (nSPS) is 27.2. The van der Waals surface area contributed by atoms with Crippen LogP contribution in [0.3, 0.4) is 0 Å². The molecule has 0 radical (unpaired) electrons. The van der Waals surface area contributed by atoms with Gasteiger partial charge in [0.2, 0.25) is 0 Å². The summed E-state index contributed by atoms with van der Waals surface area (Å²) in [4.78, 5) is 0. The van der Waals surface area contributed by atoms with E-state index in [0.717, 1.165) is 5.92 Å². The first-order valence-corrected chi connectivity index (χ1v) is 9.75. The van der Waals surface area contributed by atoms with Crippen molar-refractivity contribution in [2.45, 2.75) is 83.3 Å². The van der Waals surface area contributed by atoms with Gasteiger partial charge < -0.3 is 0 Å². The van der Waals surface area contributed by atoms with Crippen LogP contribution in [0, 0.1) is 11.3 Å². The average Bonchev–Trinajstić information content (AvgIpc) is 2.76. The second-order valence-electron chi connectivity index (χ2n) is 7.81. The molecule has 2 atom stereocenters. The van der Waals surface area contributed by atoms with Crippen LogP contribution in [0.5, 0.6) is 0 Å². The van der Waals surface area contributed by atoms with E-state index in [-0.39, 0.29) is 10.2 Å². The van der Waals surface area contributed by atoms with E-state index in [1.54, 1.807) is 0 Å². The summed E-state index contributed by atoms with van der Waals surface area (Å²) < 4.78 is 0.0394. The van der Waals surface area contributed by atoms with Gasteiger partial charge in [-0.05, 0) is 36.2 Å². The molecule has 1 heteroatoms. The van der Waals surface area contributed by atoms with Crippen molar-refractivity contribution in [3.63, 3.8) is 0 Å². The summed E-state index contributed by atoms with van der Waals surface area (Å²) in [5.41, 5.74) is 1.71. The molecule has 0 nitrogen and oxygen atoms in total. The molecule has 0 bridgehead atoms. The number of rotatable bonds is 8. The molecular formula is C21H34S. The van der Waals surface area contributed by atoms with Gasteiger partial charge in [0.25, 0.3) is 0 Å². The molecule has 0 spiro atoms. The molecule has 124 valence electrons. The van der Waals surface area contributed by atoms with Crippen molar-refractivity contribution in [3.8, 4) is 0 Å². The molecule has 0 aromatic heterocycles. The summed E-state index contributed by atoms with van der Waals surface area (Å²) in [7, 11) is 0. The van der Waals surface area contributed by atoms with Crippen LogP contribution in [0.4, 0.5) is 0 Å². The minimum Gasteiger partial charge on any atom is -0.167 e. The van der Waals surface area contributed by atoms with Crippen molar-refractivity contribution in [3.05, 3.63) is 35.9 Å². The Balaban J connectivity index is 1.98. The fraction of sp³-hybridized carbons (Fsp3) is 0.714. The zero-order valence-electron chi connectivity index (χ0n) is 14.8. The summed E-state index contributed by atoms with van der Waals surface area (Å²) in [5.74, 6) is 0.722. The zero-order chi connectivity index (χ0) is 16.1. The van der Waals surface area contributed by atoms with Crippen LogP contribution < -0.4 is 0 Å². The highest BCUT2D eigenvalue weighted by Crippen LogP contribution is 2.60. The Kier molecular flexibility index (Phi) is 6.44. The largest absolute Gasteiger partial charge is 0.167 e. The van der Waals surface area contributed by atoms with Crippen molar-refractivity contribution >= 4 is 12.6 Å². The number of hydrogen-bond donors (Lipinski definition) is 1. The van der Waals surface area contributed by atoms with E-state index in [1.165, 1.54) is 63.4 Å². The SMILES string of the molecule is CCCCCCCCC1CCC(C)(C)C1(S)c1ccccc1. The van der Waals surface area contributed by atoms with Crippen molar-refractivity contribution in [2.75, 3.05) is 0 Å². The molecule has 1 aliphatic carbocycles. The molecular weight excluding hydrogens is 284 g/mol. The summed E-state index contributed by atoms with van der Waals surface area (Å²) >= 11 is 5.30. The van der Waals surface area contributed by atoms with Crippen LogP contribution in [0.1, 0.15) is 84.1 Å². The van der Waals surface area contributed by atoms with Crippen LogP contribution in [-0.2, 0) is 4.75 Å². The fourth-order valence-corrected chi connectivity index (χ4v) is 4.85. The fourth-order valence-electron chi connectivity index (χ4n) is 4.33. The van der Waals surface area contributed by atoms with Gasteiger partial charge in [0.15, 0.2) is 0 Å². The predicted octanol–water partition coefficient (Wildman–Crippen LogP) is 7.00. The first kappa shape index (κ1) is 17.9. The number of hydrogen-bond acceptors (Lipinski definition) is 1. The van der Waals surface area contributed by atoms with E-state index in [1.807, 2.05) is 0 Å². The van der Waals surface area contributed by atoms with Gasteiger partial charge in [-0.15, -0.1) is 0 Å². The Morgan fingerprint density at radius 2 is 1.64 bits per heavy atom. The molecule has 2 rings (SSSR count). The molecule has 1 aromatic carbocycles. The monoisotopic (exact) mass is 318 g/mol. The van der Waals surface area contributed by atoms with E-state index in [9.17, 15) is 0 Å². The van der Waals surface area contributed by atoms with E-state index in [0.29, 0.717) is 0 Å². The lowest BCUT2D eigenvalue weighted by Gasteiger charge is -2.42. The van der Waals surface area contributed by atoms with E-state index in [2.05, 4.69) is 51.1 Å². The highest BCUT2D eigenvalue weighted by atomic mass is 32.1. The van der Waals surface area contributed by atoms with E-state index >= 15 is 0 Å². The van der Waals surface area contributed by atoms with E-state index < -0.39 is 0 Å². The minimum atomic E-state index is 0.0394. The lowest BCUT2D eigenvalue weighted by atomic mass is 9.72. The van der Waals surface area contributed by atoms with Crippen LogP contribution in [0.15, 0.2) is 30.3 Å². The molecule has 1 saturated carbocycles. The van der Waals surface area contributed by atoms with Gasteiger partial charge in [0.05, 0.1) is 0 Å². The summed E-state index contributed by atoms with van der Waals surface area (Å²) in [6, 6.07) is 11.0. The van der Waals surface area contributed by atoms with Gasteiger partial charge in [0, 0.05) is 4.75 Å². The van der Waals surface area contributed by atoms with Gasteiger partial charge in [-0.3, -0.25) is 0 Å². The lowest BCUT2D eigenvalue weighted by Crippen LogP contribution is -2.37. The Hall–Kier alpha value is -0.430. The summed E-state index contributed by atoms with van der Waals surface area (Å²) in [6.45, 7) is 7.11. The molecule has 1 fully saturated rings. The Bertz CT molecular complexity index is 436. The van der Waals surface area contributed by atoms with E-state index in [4.69, 9.17) is 12.6 Å². The molecule has 1 aliphatic rings. The highest BCUT2D eigenvalue weighted by Gasteiger charge is 2.53. The molecule has 2 unspecified atom stereocenters. The van der Waals surface area contributed by atoms with Gasteiger partial charge >= 0.3 is 0 Å². The summed E-state index contributed by atoms with van der Waals surface area (Å²) in [6.07, 6.45) is 12.3. The van der Waals surface area contributed by atoms with Crippen molar-refractivity contribution in [2.24, 2.45) is 11.3 Å². The standard InChI is InChI=1S/C21H34S/c1-4-5-6-7-8-10-15-19-16-17-20(2,3)21(19,22)18-13-11-9-12-14-18/h9,11-14,19,22H,4-8,10,15-17H2,1-3H3. The smallest absolute Gasteiger partial charge is 0.0457 e. The number of thiol groups is 1. The van der Waals surface area contributed by atoms with Crippen molar-refractivity contribution < 1.29 is 0 Å². The maximum absolute atomic E-state index is 5.30. The van der Waals surface area contributed by atoms with Gasteiger partial charge in [-0.1, -0.05) is 89.6 Å². The highest BCUT2D eigenvalue weighted by molar-refractivity contribution is 7.81. The number of benzene rings is 1. The topological polar surface area (TPSA) is 0 Å². The number of unbranched alkanes of at least 4 members (excludes halogenated alkanes) is 5. The molecule has 0 N–H and O–H groups in total. The first-order chi connectivity index (χ1) is 10.5. The average molecular weight is 319 g/mol. The second-order valence-corrected chi connectivity index (χ2v) is 8.51. The predicted molar refractivity (Wildman–Crippen MR) is 102 cm³/mol. The molecule has 1 aromatic rings. The third kappa shape index (κ3) is 3.72. The van der Waals surface area contributed by atoms with Crippen molar-refractivity contribution in [1.82, 2.24) is 0 Å². The Morgan fingerprint density at radius 1 is 1.00 bits per heavy atom. The molecule has 0 amide bonds. The lowest BCUT2D eigenvalue weighted by molar-refractivity contribution is 0.254. The zero-order valence-corrected chi connectivity index (χ0v) is 15.7. The van der Waals surface area contributed by atoms with Gasteiger partial charge in [-0.2, -0.15) is 12.6 Å². The molecule has 0 saturated heterocycles. The van der Waals surface area contributed by atoms with Gasteiger partial charge in [0.1, 0.15) is 0 Å². The van der Waals surface area contributed by atoms with Gasteiger partial charge in [-0.25, -0.2) is 0 Å². The Morgan fingerprint density at radius 3 is 2.32 bits per heavy atom. The Labute approximate surface area is 143 Å². The molecule has 22 heavy (non-hydrogen) atoms. The maximum atomic E-state index is 5.30. The maximum Gasteiger partial charge on any atom is 0.0457 e. The second kappa shape index (κ2) is 7.90. The van der Waals surface area contributed by atoms with Crippen LogP contribution in [-0.4, -0.2) is 0 Å². The van der Waals surface area contributed by atoms with Crippen LogP contribution in [0.25, 0.3) is 0 Å². The van der Waals surface area contributed by atoms with Crippen LogP contribution >= 0.6 is 12.6 Å². The first-order valence-electron chi connectivity index (χ1n) is 9.30. The quantitative estimate of drug-likeness (QED) is 0.387.